The van der Waals surface area contributed by atoms with E-state index in [2.05, 4.69) is 22.9 Å². The Morgan fingerprint density at radius 1 is 1.38 bits per heavy atom. The van der Waals surface area contributed by atoms with Crippen molar-refractivity contribution in [3.8, 4) is 0 Å². The van der Waals surface area contributed by atoms with Crippen LogP contribution in [0.3, 0.4) is 0 Å². The maximum atomic E-state index is 5.80. The van der Waals surface area contributed by atoms with Crippen LogP contribution in [0.5, 0.6) is 0 Å². The van der Waals surface area contributed by atoms with Gasteiger partial charge in [-0.15, -0.1) is 0 Å². The second-order valence-corrected chi connectivity index (χ2v) is 5.58. The number of hydrogen-bond acceptors (Lipinski definition) is 1. The smallest absolute Gasteiger partial charge is 0.0603 e. The van der Waals surface area contributed by atoms with Crippen molar-refractivity contribution < 1.29 is 4.74 Å². The second-order valence-electron chi connectivity index (χ2n) is 5.02. The molecule has 1 saturated carbocycles. The molecular formula is C11H19BrO. The van der Waals surface area contributed by atoms with Crippen LogP contribution in [0.25, 0.3) is 0 Å². The van der Waals surface area contributed by atoms with Crippen molar-refractivity contribution in [3.05, 3.63) is 0 Å². The first-order valence-electron chi connectivity index (χ1n) is 5.41. The summed E-state index contributed by atoms with van der Waals surface area (Å²) in [4.78, 5) is 0. The molecule has 1 saturated heterocycles. The van der Waals surface area contributed by atoms with Crippen LogP contribution in [0.4, 0.5) is 0 Å². The van der Waals surface area contributed by atoms with E-state index in [1.165, 1.54) is 32.1 Å². The van der Waals surface area contributed by atoms with Crippen molar-refractivity contribution in [1.82, 2.24) is 0 Å². The molecular weight excluding hydrogens is 228 g/mol. The van der Waals surface area contributed by atoms with Crippen molar-refractivity contribution in [2.75, 3.05) is 11.9 Å². The molecule has 2 fully saturated rings. The van der Waals surface area contributed by atoms with Gasteiger partial charge in [-0.3, -0.25) is 0 Å². The molecule has 76 valence electrons. The molecule has 1 heterocycles. The van der Waals surface area contributed by atoms with E-state index in [9.17, 15) is 0 Å². The minimum absolute atomic E-state index is 0.575. The van der Waals surface area contributed by atoms with E-state index in [-0.39, 0.29) is 0 Å². The Bertz CT molecular complexity index is 169. The van der Waals surface area contributed by atoms with Gasteiger partial charge in [-0.25, -0.2) is 0 Å². The molecule has 2 heteroatoms. The molecule has 0 bridgehead atoms. The van der Waals surface area contributed by atoms with E-state index in [0.717, 1.165) is 17.9 Å². The fraction of sp³-hybridized carbons (Fsp3) is 1.00. The second kappa shape index (κ2) is 3.90. The first kappa shape index (κ1) is 9.97. The Labute approximate surface area is 89.4 Å². The van der Waals surface area contributed by atoms with E-state index in [1.54, 1.807) is 0 Å². The zero-order valence-corrected chi connectivity index (χ0v) is 9.98. The quantitative estimate of drug-likeness (QED) is 0.680. The van der Waals surface area contributed by atoms with E-state index in [0.29, 0.717) is 11.5 Å². The molecule has 1 aliphatic carbocycles. The molecule has 13 heavy (non-hydrogen) atoms. The monoisotopic (exact) mass is 246 g/mol. The minimum Gasteiger partial charge on any atom is -0.378 e. The molecule has 0 aromatic carbocycles. The zero-order chi connectivity index (χ0) is 9.31. The Kier molecular flexibility index (Phi) is 2.99. The predicted octanol–water partition coefficient (Wildman–Crippen LogP) is 3.37. The molecule has 0 spiro atoms. The summed E-state index contributed by atoms with van der Waals surface area (Å²) in [5.74, 6) is 0.864. The lowest BCUT2D eigenvalue weighted by atomic mass is 9.62. The summed E-state index contributed by atoms with van der Waals surface area (Å²) in [6, 6.07) is 0. The van der Waals surface area contributed by atoms with Crippen molar-refractivity contribution in [3.63, 3.8) is 0 Å². The van der Waals surface area contributed by atoms with Gasteiger partial charge in [0, 0.05) is 11.9 Å². The van der Waals surface area contributed by atoms with E-state index >= 15 is 0 Å². The fourth-order valence-electron chi connectivity index (χ4n) is 2.72. The maximum Gasteiger partial charge on any atom is 0.0603 e. The van der Waals surface area contributed by atoms with Gasteiger partial charge >= 0.3 is 0 Å². The Balaban J connectivity index is 1.78. The maximum absolute atomic E-state index is 5.80. The Morgan fingerprint density at radius 2 is 2.15 bits per heavy atom. The Morgan fingerprint density at radius 3 is 2.69 bits per heavy atom. The number of rotatable bonds is 2. The van der Waals surface area contributed by atoms with Crippen molar-refractivity contribution in [1.29, 1.82) is 0 Å². The summed E-state index contributed by atoms with van der Waals surface area (Å²) in [6.45, 7) is 3.38. The van der Waals surface area contributed by atoms with Crippen LogP contribution in [-0.4, -0.2) is 18.0 Å². The van der Waals surface area contributed by atoms with Crippen LogP contribution in [0.15, 0.2) is 0 Å². The highest BCUT2D eigenvalue weighted by Crippen LogP contribution is 2.49. The summed E-state index contributed by atoms with van der Waals surface area (Å²) in [7, 11) is 0. The van der Waals surface area contributed by atoms with E-state index < -0.39 is 0 Å². The number of ether oxygens (including phenoxy) is 1. The predicted molar refractivity (Wildman–Crippen MR) is 58.2 cm³/mol. The standard InChI is InChI=1S/C11H19BrO/c1-11(8-12)6-9(7-11)10-4-2-3-5-13-10/h9-10H,2-8H2,1H3. The van der Waals surface area contributed by atoms with E-state index in [1.807, 2.05) is 0 Å². The van der Waals surface area contributed by atoms with Gasteiger partial charge in [0.1, 0.15) is 0 Å². The topological polar surface area (TPSA) is 9.23 Å². The third-order valence-corrected chi connectivity index (χ3v) is 4.93. The molecule has 1 atom stereocenters. The van der Waals surface area contributed by atoms with Crippen LogP contribution in [-0.2, 0) is 4.74 Å². The van der Waals surface area contributed by atoms with Gasteiger partial charge in [-0.1, -0.05) is 22.9 Å². The summed E-state index contributed by atoms with van der Waals surface area (Å²) in [5.41, 5.74) is 0.575. The number of alkyl halides is 1. The molecule has 0 N–H and O–H groups in total. The van der Waals surface area contributed by atoms with Crippen LogP contribution in [0.1, 0.15) is 39.0 Å². The molecule has 0 radical (unpaired) electrons. The zero-order valence-electron chi connectivity index (χ0n) is 8.39. The van der Waals surface area contributed by atoms with Crippen LogP contribution in [0.2, 0.25) is 0 Å². The minimum atomic E-state index is 0.575. The van der Waals surface area contributed by atoms with Crippen molar-refractivity contribution in [2.45, 2.75) is 45.1 Å². The SMILES string of the molecule is CC1(CBr)CC(C2CCCCO2)C1. The summed E-state index contributed by atoms with van der Waals surface area (Å²) in [6.07, 6.45) is 7.29. The number of hydrogen-bond donors (Lipinski definition) is 0. The fourth-order valence-corrected chi connectivity index (χ4v) is 3.17. The van der Waals surface area contributed by atoms with Gasteiger partial charge in [-0.2, -0.15) is 0 Å². The van der Waals surface area contributed by atoms with Gasteiger partial charge in [0.05, 0.1) is 6.10 Å². The van der Waals surface area contributed by atoms with Crippen LogP contribution < -0.4 is 0 Å². The third-order valence-electron chi connectivity index (χ3n) is 3.57. The highest BCUT2D eigenvalue weighted by molar-refractivity contribution is 9.09. The molecule has 1 aliphatic heterocycles. The first-order chi connectivity index (χ1) is 6.23. The normalized spacial score (nSPS) is 45.7. The first-order valence-corrected chi connectivity index (χ1v) is 6.53. The molecule has 2 rings (SSSR count). The van der Waals surface area contributed by atoms with Gasteiger partial charge in [-0.05, 0) is 43.4 Å². The molecule has 0 aromatic rings. The summed E-state index contributed by atoms with van der Waals surface area (Å²) >= 11 is 3.59. The lowest BCUT2D eigenvalue weighted by Gasteiger charge is -2.48. The lowest BCUT2D eigenvalue weighted by molar-refractivity contribution is -0.0774. The van der Waals surface area contributed by atoms with Gasteiger partial charge in [0.25, 0.3) is 0 Å². The third kappa shape index (κ3) is 2.10. The molecule has 1 nitrogen and oxygen atoms in total. The van der Waals surface area contributed by atoms with Crippen LogP contribution in [0, 0.1) is 11.3 Å². The molecule has 2 aliphatic rings. The summed E-state index contributed by atoms with van der Waals surface area (Å²) < 4.78 is 5.80. The summed E-state index contributed by atoms with van der Waals surface area (Å²) in [5, 5.41) is 1.16. The van der Waals surface area contributed by atoms with Gasteiger partial charge in [0.2, 0.25) is 0 Å². The molecule has 1 unspecified atom stereocenters. The average Bonchev–Trinajstić information content (AvgIpc) is 2.14. The van der Waals surface area contributed by atoms with Gasteiger partial charge < -0.3 is 4.74 Å². The lowest BCUT2D eigenvalue weighted by Crippen LogP contribution is -2.44. The largest absolute Gasteiger partial charge is 0.378 e. The van der Waals surface area contributed by atoms with E-state index in [4.69, 9.17) is 4.74 Å². The highest BCUT2D eigenvalue weighted by Gasteiger charge is 2.43. The highest BCUT2D eigenvalue weighted by atomic mass is 79.9. The molecule has 0 aromatic heterocycles. The van der Waals surface area contributed by atoms with Crippen molar-refractivity contribution >= 4 is 15.9 Å². The van der Waals surface area contributed by atoms with Crippen molar-refractivity contribution in [2.24, 2.45) is 11.3 Å². The average molecular weight is 247 g/mol. The molecule has 0 amide bonds. The van der Waals surface area contributed by atoms with Crippen LogP contribution >= 0.6 is 15.9 Å². The Hall–Kier alpha value is 0.440. The van der Waals surface area contributed by atoms with Gasteiger partial charge in [0.15, 0.2) is 0 Å². The number of halogens is 1.